The number of hydrogen-bond donors (Lipinski definition) is 1. The number of hydrogen-bond acceptors (Lipinski definition) is 5. The van der Waals surface area contributed by atoms with Crippen molar-refractivity contribution in [2.45, 2.75) is 13.5 Å². The van der Waals surface area contributed by atoms with E-state index in [1.54, 1.807) is 6.07 Å². The van der Waals surface area contributed by atoms with Crippen molar-refractivity contribution >= 4 is 23.4 Å². The number of carbonyl (C=O) groups excluding carboxylic acids is 1. The number of nitrogens with one attached hydrogen (secondary N) is 1. The van der Waals surface area contributed by atoms with Crippen LogP contribution in [0.1, 0.15) is 21.7 Å². The predicted molar refractivity (Wildman–Crippen MR) is 114 cm³/mol. The number of aryl methyl sites for hydroxylation is 1. The molecule has 1 aliphatic rings. The van der Waals surface area contributed by atoms with Gasteiger partial charge in [0.25, 0.3) is 5.91 Å². The fourth-order valence-electron chi connectivity index (χ4n) is 3.20. The minimum Gasteiger partial charge on any atom is -0.350 e. The summed E-state index contributed by atoms with van der Waals surface area (Å²) < 4.78 is 5.26. The molecular weight excluding hydrogens is 370 g/mol. The highest BCUT2D eigenvalue weighted by atomic mass is 32.2. The van der Waals surface area contributed by atoms with Crippen LogP contribution in [-0.4, -0.2) is 40.6 Å². The van der Waals surface area contributed by atoms with E-state index >= 15 is 0 Å². The molecule has 0 atom stereocenters. The van der Waals surface area contributed by atoms with Gasteiger partial charge in [-0.1, -0.05) is 47.1 Å². The Kier molecular flexibility index (Phi) is 5.78. The summed E-state index contributed by atoms with van der Waals surface area (Å²) in [6.45, 7) is 5.16. The zero-order valence-electron chi connectivity index (χ0n) is 15.9. The summed E-state index contributed by atoms with van der Waals surface area (Å²) in [6.07, 6.45) is 0. The molecule has 6 heteroatoms. The highest BCUT2D eigenvalue weighted by molar-refractivity contribution is 7.99. The van der Waals surface area contributed by atoms with Crippen molar-refractivity contribution in [1.29, 1.82) is 0 Å². The summed E-state index contributed by atoms with van der Waals surface area (Å²) >= 11 is 2.00. The number of anilines is 1. The Balaban J connectivity index is 1.42. The lowest BCUT2D eigenvalue weighted by molar-refractivity contribution is 0.0988. The molecule has 0 saturated carbocycles. The Hall–Kier alpha value is -2.57. The second kappa shape index (κ2) is 8.63. The van der Waals surface area contributed by atoms with Crippen molar-refractivity contribution < 1.29 is 9.32 Å². The van der Waals surface area contributed by atoms with Gasteiger partial charge in [-0.3, -0.25) is 9.69 Å². The molecule has 144 valence electrons. The van der Waals surface area contributed by atoms with Gasteiger partial charge in [0, 0.05) is 48.5 Å². The maximum absolute atomic E-state index is 12.6. The highest BCUT2D eigenvalue weighted by Crippen LogP contribution is 2.21. The van der Waals surface area contributed by atoms with Crippen LogP contribution in [-0.2, 0) is 6.54 Å². The number of benzene rings is 2. The van der Waals surface area contributed by atoms with Gasteiger partial charge in [0.2, 0.25) is 5.76 Å². The molecule has 4 rings (SSSR count). The van der Waals surface area contributed by atoms with Crippen molar-refractivity contribution in [3.05, 3.63) is 71.5 Å². The van der Waals surface area contributed by atoms with Gasteiger partial charge in [-0.05, 0) is 24.6 Å². The van der Waals surface area contributed by atoms with Gasteiger partial charge < -0.3 is 9.84 Å². The van der Waals surface area contributed by atoms with Crippen LogP contribution in [0.25, 0.3) is 11.3 Å². The fraction of sp³-hybridized carbons (Fsp3) is 0.273. The number of aromatic nitrogens is 1. The first-order valence-corrected chi connectivity index (χ1v) is 10.6. The second-order valence-corrected chi connectivity index (χ2v) is 8.21. The summed E-state index contributed by atoms with van der Waals surface area (Å²) in [5, 5.41) is 6.94. The highest BCUT2D eigenvalue weighted by Gasteiger charge is 2.15. The molecule has 5 nitrogen and oxygen atoms in total. The van der Waals surface area contributed by atoms with Crippen molar-refractivity contribution in [3.8, 4) is 11.3 Å². The molecule has 0 unspecified atom stereocenters. The van der Waals surface area contributed by atoms with Crippen molar-refractivity contribution in [2.24, 2.45) is 0 Å². The Labute approximate surface area is 169 Å². The molecule has 0 radical (unpaired) electrons. The van der Waals surface area contributed by atoms with E-state index in [4.69, 9.17) is 4.52 Å². The van der Waals surface area contributed by atoms with E-state index in [-0.39, 0.29) is 11.7 Å². The second-order valence-electron chi connectivity index (χ2n) is 6.99. The van der Waals surface area contributed by atoms with Crippen LogP contribution in [0.2, 0.25) is 0 Å². The Morgan fingerprint density at radius 3 is 2.71 bits per heavy atom. The Morgan fingerprint density at radius 1 is 1.14 bits per heavy atom. The molecule has 2 heterocycles. The summed E-state index contributed by atoms with van der Waals surface area (Å²) in [5.74, 6) is 2.28. The van der Waals surface area contributed by atoms with E-state index in [0.29, 0.717) is 5.69 Å². The summed E-state index contributed by atoms with van der Waals surface area (Å²) in [5.41, 5.74) is 4.72. The van der Waals surface area contributed by atoms with Gasteiger partial charge in [-0.15, -0.1) is 0 Å². The summed E-state index contributed by atoms with van der Waals surface area (Å²) in [4.78, 5) is 15.0. The van der Waals surface area contributed by atoms with Crippen LogP contribution in [0.4, 0.5) is 5.69 Å². The zero-order valence-corrected chi connectivity index (χ0v) is 16.7. The molecule has 0 aliphatic carbocycles. The topological polar surface area (TPSA) is 58.4 Å². The quantitative estimate of drug-likeness (QED) is 0.694. The summed E-state index contributed by atoms with van der Waals surface area (Å²) in [6, 6.07) is 17.6. The molecule has 0 bridgehead atoms. The van der Waals surface area contributed by atoms with Crippen LogP contribution in [0, 0.1) is 6.92 Å². The van der Waals surface area contributed by atoms with Gasteiger partial charge in [-0.2, -0.15) is 11.8 Å². The first kappa shape index (κ1) is 18.8. The maximum atomic E-state index is 12.6. The molecule has 1 saturated heterocycles. The third-order valence-electron chi connectivity index (χ3n) is 4.78. The molecule has 1 fully saturated rings. The zero-order chi connectivity index (χ0) is 19.3. The van der Waals surface area contributed by atoms with E-state index in [1.165, 1.54) is 22.6 Å². The van der Waals surface area contributed by atoms with Crippen LogP contribution < -0.4 is 5.32 Å². The molecule has 1 amide bonds. The van der Waals surface area contributed by atoms with Gasteiger partial charge in [-0.25, -0.2) is 0 Å². The maximum Gasteiger partial charge on any atom is 0.294 e. The molecular formula is C22H23N3O2S. The van der Waals surface area contributed by atoms with E-state index in [1.807, 2.05) is 61.2 Å². The lowest BCUT2D eigenvalue weighted by Crippen LogP contribution is -2.31. The average molecular weight is 394 g/mol. The van der Waals surface area contributed by atoms with Gasteiger partial charge in [0.1, 0.15) is 5.69 Å². The van der Waals surface area contributed by atoms with Crippen LogP contribution >= 0.6 is 11.8 Å². The molecule has 0 spiro atoms. The SMILES string of the molecule is Cc1ccc(-c2cc(C(=O)Nc3cccc(CN4CCSCC4)c3)on2)cc1. The third kappa shape index (κ3) is 4.64. The molecule has 1 aliphatic heterocycles. The monoisotopic (exact) mass is 393 g/mol. The molecule has 2 aromatic carbocycles. The molecule has 1 N–H and O–H groups in total. The summed E-state index contributed by atoms with van der Waals surface area (Å²) in [7, 11) is 0. The Morgan fingerprint density at radius 2 is 1.93 bits per heavy atom. The molecule has 3 aromatic rings. The normalized spacial score (nSPS) is 14.8. The van der Waals surface area contributed by atoms with Crippen molar-refractivity contribution in [1.82, 2.24) is 10.1 Å². The van der Waals surface area contributed by atoms with Crippen LogP contribution in [0.5, 0.6) is 0 Å². The van der Waals surface area contributed by atoms with Gasteiger partial charge in [0.15, 0.2) is 0 Å². The first-order valence-electron chi connectivity index (χ1n) is 9.41. The van der Waals surface area contributed by atoms with E-state index in [9.17, 15) is 4.79 Å². The molecule has 28 heavy (non-hydrogen) atoms. The van der Waals surface area contributed by atoms with Gasteiger partial charge >= 0.3 is 0 Å². The Bertz CT molecular complexity index is 946. The number of carbonyl (C=O) groups is 1. The number of nitrogens with zero attached hydrogens (tertiary/aromatic N) is 2. The lowest BCUT2D eigenvalue weighted by Gasteiger charge is -2.26. The minimum atomic E-state index is -0.294. The van der Waals surface area contributed by atoms with Crippen LogP contribution in [0.15, 0.2) is 59.1 Å². The van der Waals surface area contributed by atoms with Crippen molar-refractivity contribution in [2.75, 3.05) is 29.9 Å². The van der Waals surface area contributed by atoms with Gasteiger partial charge in [0.05, 0.1) is 0 Å². The first-order chi connectivity index (χ1) is 13.7. The predicted octanol–water partition coefficient (Wildman–Crippen LogP) is 4.45. The fourth-order valence-corrected chi connectivity index (χ4v) is 4.18. The largest absolute Gasteiger partial charge is 0.350 e. The van der Waals surface area contributed by atoms with Crippen molar-refractivity contribution in [3.63, 3.8) is 0 Å². The van der Waals surface area contributed by atoms with E-state index in [2.05, 4.69) is 21.4 Å². The number of thioether (sulfide) groups is 1. The van der Waals surface area contributed by atoms with Crippen LogP contribution in [0.3, 0.4) is 0 Å². The van der Waals surface area contributed by atoms with E-state index in [0.717, 1.165) is 30.9 Å². The standard InChI is InChI=1S/C22H23N3O2S/c1-16-5-7-18(8-6-16)20-14-21(27-24-20)22(26)23-19-4-2-3-17(13-19)15-25-9-11-28-12-10-25/h2-8,13-14H,9-12,15H2,1H3,(H,23,26). The molecule has 1 aromatic heterocycles. The number of rotatable bonds is 5. The third-order valence-corrected chi connectivity index (χ3v) is 5.72. The number of amides is 1. The smallest absolute Gasteiger partial charge is 0.294 e. The average Bonchev–Trinajstić information content (AvgIpc) is 3.20. The lowest BCUT2D eigenvalue weighted by atomic mass is 10.1. The minimum absolute atomic E-state index is 0.203. The van der Waals surface area contributed by atoms with E-state index < -0.39 is 0 Å².